The SMILES string of the molecule is c1cc(NC2CCCCC2)ncc1N1CCNCC1. The third-order valence-electron chi connectivity index (χ3n) is 4.19. The van der Waals surface area contributed by atoms with Crippen LogP contribution in [0.5, 0.6) is 0 Å². The van der Waals surface area contributed by atoms with Crippen molar-refractivity contribution in [2.75, 3.05) is 36.4 Å². The molecule has 0 spiro atoms. The smallest absolute Gasteiger partial charge is 0.126 e. The molecule has 1 saturated heterocycles. The molecule has 1 aliphatic heterocycles. The van der Waals surface area contributed by atoms with E-state index in [1.807, 2.05) is 6.20 Å². The molecule has 1 aromatic heterocycles. The fourth-order valence-electron chi connectivity index (χ4n) is 3.04. The molecular weight excluding hydrogens is 236 g/mol. The molecular formula is C15H24N4. The summed E-state index contributed by atoms with van der Waals surface area (Å²) < 4.78 is 0. The van der Waals surface area contributed by atoms with Crippen LogP contribution in [-0.2, 0) is 0 Å². The summed E-state index contributed by atoms with van der Waals surface area (Å²) in [4.78, 5) is 6.97. The van der Waals surface area contributed by atoms with Gasteiger partial charge in [-0.1, -0.05) is 19.3 Å². The normalized spacial score (nSPS) is 21.4. The minimum Gasteiger partial charge on any atom is -0.368 e. The van der Waals surface area contributed by atoms with Gasteiger partial charge in [0.15, 0.2) is 0 Å². The van der Waals surface area contributed by atoms with Crippen molar-refractivity contribution in [2.24, 2.45) is 0 Å². The monoisotopic (exact) mass is 260 g/mol. The van der Waals surface area contributed by atoms with Crippen LogP contribution in [0.3, 0.4) is 0 Å². The Bertz CT molecular complexity index is 378. The molecule has 0 unspecified atom stereocenters. The lowest BCUT2D eigenvalue weighted by atomic mass is 9.95. The molecule has 0 radical (unpaired) electrons. The number of anilines is 2. The first-order chi connectivity index (χ1) is 9.42. The van der Waals surface area contributed by atoms with Gasteiger partial charge in [0, 0.05) is 32.2 Å². The van der Waals surface area contributed by atoms with Crippen LogP contribution in [0.1, 0.15) is 32.1 Å². The van der Waals surface area contributed by atoms with Gasteiger partial charge in [0.25, 0.3) is 0 Å². The maximum Gasteiger partial charge on any atom is 0.126 e. The summed E-state index contributed by atoms with van der Waals surface area (Å²) in [6.07, 6.45) is 8.71. The van der Waals surface area contributed by atoms with Crippen molar-refractivity contribution in [3.63, 3.8) is 0 Å². The number of nitrogens with zero attached hydrogens (tertiary/aromatic N) is 2. The zero-order chi connectivity index (χ0) is 12.9. The van der Waals surface area contributed by atoms with E-state index in [9.17, 15) is 0 Å². The Hall–Kier alpha value is -1.29. The highest BCUT2D eigenvalue weighted by molar-refractivity contribution is 5.50. The van der Waals surface area contributed by atoms with E-state index in [0.29, 0.717) is 6.04 Å². The Balaban J connectivity index is 1.58. The van der Waals surface area contributed by atoms with E-state index in [1.165, 1.54) is 37.8 Å². The van der Waals surface area contributed by atoms with Gasteiger partial charge in [-0.15, -0.1) is 0 Å². The van der Waals surface area contributed by atoms with Crippen molar-refractivity contribution >= 4 is 11.5 Å². The quantitative estimate of drug-likeness (QED) is 0.874. The number of rotatable bonds is 3. The fourth-order valence-corrected chi connectivity index (χ4v) is 3.04. The van der Waals surface area contributed by atoms with Gasteiger partial charge in [-0.3, -0.25) is 0 Å². The van der Waals surface area contributed by atoms with Crippen molar-refractivity contribution < 1.29 is 0 Å². The average molecular weight is 260 g/mol. The number of hydrogen-bond acceptors (Lipinski definition) is 4. The Labute approximate surface area is 115 Å². The minimum absolute atomic E-state index is 0.631. The van der Waals surface area contributed by atoms with Crippen LogP contribution < -0.4 is 15.5 Å². The Morgan fingerprint density at radius 2 is 1.89 bits per heavy atom. The molecule has 4 nitrogen and oxygen atoms in total. The molecule has 2 heterocycles. The molecule has 0 bridgehead atoms. The summed E-state index contributed by atoms with van der Waals surface area (Å²) in [5.74, 6) is 1.03. The zero-order valence-corrected chi connectivity index (χ0v) is 11.6. The number of nitrogens with one attached hydrogen (secondary N) is 2. The molecule has 1 saturated carbocycles. The number of aromatic nitrogens is 1. The van der Waals surface area contributed by atoms with E-state index in [0.717, 1.165) is 32.0 Å². The van der Waals surface area contributed by atoms with E-state index < -0.39 is 0 Å². The maximum atomic E-state index is 4.57. The second-order valence-electron chi connectivity index (χ2n) is 5.62. The van der Waals surface area contributed by atoms with Crippen molar-refractivity contribution in [2.45, 2.75) is 38.1 Å². The van der Waals surface area contributed by atoms with Gasteiger partial charge < -0.3 is 15.5 Å². The number of piperazine rings is 1. The van der Waals surface area contributed by atoms with Gasteiger partial charge in [0.05, 0.1) is 11.9 Å². The number of hydrogen-bond donors (Lipinski definition) is 2. The molecule has 2 N–H and O–H groups in total. The molecule has 104 valence electrons. The van der Waals surface area contributed by atoms with Gasteiger partial charge >= 0.3 is 0 Å². The second-order valence-corrected chi connectivity index (χ2v) is 5.62. The molecule has 1 aliphatic carbocycles. The molecule has 3 rings (SSSR count). The molecule has 0 amide bonds. The first-order valence-electron chi connectivity index (χ1n) is 7.60. The molecule has 0 atom stereocenters. The molecule has 2 aliphatic rings. The minimum atomic E-state index is 0.631. The molecule has 2 fully saturated rings. The molecule has 4 heteroatoms. The van der Waals surface area contributed by atoms with E-state index in [2.05, 4.69) is 32.7 Å². The molecule has 19 heavy (non-hydrogen) atoms. The van der Waals surface area contributed by atoms with Crippen molar-refractivity contribution in [1.82, 2.24) is 10.3 Å². The highest BCUT2D eigenvalue weighted by atomic mass is 15.2. The predicted octanol–water partition coefficient (Wildman–Crippen LogP) is 2.24. The van der Waals surface area contributed by atoms with Gasteiger partial charge in [-0.25, -0.2) is 4.98 Å². The van der Waals surface area contributed by atoms with E-state index in [4.69, 9.17) is 0 Å². The molecule has 1 aromatic rings. The van der Waals surface area contributed by atoms with Crippen LogP contribution in [0, 0.1) is 0 Å². The third kappa shape index (κ3) is 3.38. The lowest BCUT2D eigenvalue weighted by Crippen LogP contribution is -2.43. The van der Waals surface area contributed by atoms with Crippen LogP contribution in [0.25, 0.3) is 0 Å². The first kappa shape index (κ1) is 12.7. The van der Waals surface area contributed by atoms with Crippen LogP contribution in [0.15, 0.2) is 18.3 Å². The second kappa shape index (κ2) is 6.24. The third-order valence-corrected chi connectivity index (χ3v) is 4.19. The van der Waals surface area contributed by atoms with Crippen molar-refractivity contribution in [3.8, 4) is 0 Å². The summed E-state index contributed by atoms with van der Waals surface area (Å²) in [5, 5.41) is 6.94. The lowest BCUT2D eigenvalue weighted by molar-refractivity contribution is 0.462. The van der Waals surface area contributed by atoms with Crippen molar-refractivity contribution in [1.29, 1.82) is 0 Å². The Kier molecular flexibility index (Phi) is 4.18. The average Bonchev–Trinajstić information content (AvgIpc) is 2.50. The summed E-state index contributed by atoms with van der Waals surface area (Å²) in [6.45, 7) is 4.30. The highest BCUT2D eigenvalue weighted by Crippen LogP contribution is 2.22. The lowest BCUT2D eigenvalue weighted by Gasteiger charge is -2.29. The van der Waals surface area contributed by atoms with Crippen LogP contribution in [-0.4, -0.2) is 37.2 Å². The van der Waals surface area contributed by atoms with Gasteiger partial charge in [0.1, 0.15) is 5.82 Å². The summed E-state index contributed by atoms with van der Waals surface area (Å²) in [6, 6.07) is 4.96. The predicted molar refractivity (Wildman–Crippen MR) is 79.8 cm³/mol. The Morgan fingerprint density at radius 1 is 1.11 bits per heavy atom. The highest BCUT2D eigenvalue weighted by Gasteiger charge is 2.14. The maximum absolute atomic E-state index is 4.57. The van der Waals surface area contributed by atoms with Gasteiger partial charge in [-0.05, 0) is 25.0 Å². The molecule has 0 aromatic carbocycles. The van der Waals surface area contributed by atoms with E-state index in [1.54, 1.807) is 0 Å². The van der Waals surface area contributed by atoms with Crippen LogP contribution in [0.2, 0.25) is 0 Å². The zero-order valence-electron chi connectivity index (χ0n) is 11.6. The number of pyridine rings is 1. The topological polar surface area (TPSA) is 40.2 Å². The van der Waals surface area contributed by atoms with Gasteiger partial charge in [0.2, 0.25) is 0 Å². The van der Waals surface area contributed by atoms with E-state index in [-0.39, 0.29) is 0 Å². The first-order valence-corrected chi connectivity index (χ1v) is 7.60. The van der Waals surface area contributed by atoms with Crippen LogP contribution >= 0.6 is 0 Å². The van der Waals surface area contributed by atoms with Crippen molar-refractivity contribution in [3.05, 3.63) is 18.3 Å². The fraction of sp³-hybridized carbons (Fsp3) is 0.667. The largest absolute Gasteiger partial charge is 0.368 e. The summed E-state index contributed by atoms with van der Waals surface area (Å²) >= 11 is 0. The van der Waals surface area contributed by atoms with Gasteiger partial charge in [-0.2, -0.15) is 0 Å². The van der Waals surface area contributed by atoms with Crippen LogP contribution in [0.4, 0.5) is 11.5 Å². The summed E-state index contributed by atoms with van der Waals surface area (Å²) in [7, 11) is 0. The summed E-state index contributed by atoms with van der Waals surface area (Å²) in [5.41, 5.74) is 1.25. The van der Waals surface area contributed by atoms with E-state index >= 15 is 0 Å². The standard InChI is InChI=1S/C15H24N4/c1-2-4-13(5-3-1)18-15-7-6-14(12-17-15)19-10-8-16-9-11-19/h6-7,12-13,16H,1-5,8-11H2,(H,17,18). The Morgan fingerprint density at radius 3 is 2.58 bits per heavy atom.